The zero-order chi connectivity index (χ0) is 12.4. The van der Waals surface area contributed by atoms with Gasteiger partial charge in [-0.25, -0.2) is 0 Å². The fourth-order valence-electron chi connectivity index (χ4n) is 1.40. The Morgan fingerprint density at radius 1 is 1.35 bits per heavy atom. The van der Waals surface area contributed by atoms with E-state index in [1.807, 2.05) is 25.3 Å². The molecular weight excluding hydrogens is 236 g/mol. The number of rotatable bonds is 2. The van der Waals surface area contributed by atoms with E-state index in [-0.39, 0.29) is 11.9 Å². The lowest BCUT2D eigenvalue weighted by molar-refractivity contribution is 0.0934. The zero-order valence-corrected chi connectivity index (χ0v) is 10.4. The van der Waals surface area contributed by atoms with E-state index in [1.54, 1.807) is 12.1 Å². The number of carbonyl (C=O) groups excluding carboxylic acids is 1. The van der Waals surface area contributed by atoms with Gasteiger partial charge in [0, 0.05) is 5.56 Å². The molecule has 0 aliphatic carbocycles. The number of anilines is 1. The van der Waals surface area contributed by atoms with Crippen LogP contribution >= 0.6 is 11.8 Å². The van der Waals surface area contributed by atoms with Crippen LogP contribution in [-0.2, 0) is 0 Å². The first-order valence-corrected chi connectivity index (χ1v) is 6.22. The van der Waals surface area contributed by atoms with Crippen LogP contribution in [0, 0.1) is 6.92 Å². The predicted molar refractivity (Wildman–Crippen MR) is 67.1 cm³/mol. The Morgan fingerprint density at radius 2 is 2.00 bits per heavy atom. The van der Waals surface area contributed by atoms with Crippen molar-refractivity contribution in [2.24, 2.45) is 0 Å². The van der Waals surface area contributed by atoms with Crippen molar-refractivity contribution in [3.05, 3.63) is 35.4 Å². The minimum atomic E-state index is -0.224. The summed E-state index contributed by atoms with van der Waals surface area (Å²) in [4.78, 5) is 16.1. The van der Waals surface area contributed by atoms with E-state index in [1.165, 1.54) is 16.4 Å². The van der Waals surface area contributed by atoms with Gasteiger partial charge in [-0.1, -0.05) is 29.5 Å². The first-order chi connectivity index (χ1) is 8.11. The zero-order valence-electron chi connectivity index (χ0n) is 9.54. The molecule has 0 aliphatic rings. The molecule has 6 heteroatoms. The number of nitrogens with zero attached hydrogens (tertiary/aromatic N) is 3. The number of aryl methyl sites for hydroxylation is 1. The average molecular weight is 248 g/mol. The van der Waals surface area contributed by atoms with Crippen molar-refractivity contribution in [2.45, 2.75) is 12.1 Å². The normalized spacial score (nSPS) is 10.5. The molecule has 0 atom stereocenters. The molecule has 5 nitrogen and oxygen atoms in total. The first kappa shape index (κ1) is 11.7. The quantitative estimate of drug-likeness (QED) is 0.817. The third kappa shape index (κ3) is 2.31. The topological polar surface area (TPSA) is 73.8 Å². The molecule has 2 aromatic rings. The Morgan fingerprint density at radius 3 is 2.59 bits per heavy atom. The van der Waals surface area contributed by atoms with Gasteiger partial charge in [-0.05, 0) is 25.3 Å². The molecule has 88 valence electrons. The van der Waals surface area contributed by atoms with Crippen molar-refractivity contribution in [2.75, 3.05) is 12.0 Å². The molecule has 0 saturated carbocycles. The van der Waals surface area contributed by atoms with E-state index in [4.69, 9.17) is 5.73 Å². The summed E-state index contributed by atoms with van der Waals surface area (Å²) in [6.07, 6.45) is 1.82. The van der Waals surface area contributed by atoms with E-state index in [2.05, 4.69) is 10.1 Å². The number of hydrogen-bond acceptors (Lipinski definition) is 5. The molecule has 1 heterocycles. The Bertz CT molecular complexity index is 547. The summed E-state index contributed by atoms with van der Waals surface area (Å²) in [5.74, 6) is -0.117. The molecule has 0 radical (unpaired) electrons. The SMILES string of the molecule is CSc1nc(N)nn1C(=O)c1ccc(C)cc1. The van der Waals surface area contributed by atoms with Crippen LogP contribution in [0.25, 0.3) is 0 Å². The molecular formula is C11H12N4OS. The monoisotopic (exact) mass is 248 g/mol. The molecule has 0 bridgehead atoms. The number of nitrogen functional groups attached to an aromatic ring is 1. The number of carbonyl (C=O) groups is 1. The highest BCUT2D eigenvalue weighted by Crippen LogP contribution is 2.15. The maximum absolute atomic E-state index is 12.1. The smallest absolute Gasteiger partial charge is 0.280 e. The highest BCUT2D eigenvalue weighted by atomic mass is 32.2. The highest BCUT2D eigenvalue weighted by molar-refractivity contribution is 7.98. The van der Waals surface area contributed by atoms with Crippen molar-refractivity contribution in [1.29, 1.82) is 0 Å². The minimum absolute atomic E-state index is 0.106. The molecule has 0 unspecified atom stereocenters. The Kier molecular flexibility index (Phi) is 3.14. The molecule has 0 amide bonds. The van der Waals surface area contributed by atoms with Gasteiger partial charge in [-0.3, -0.25) is 4.79 Å². The van der Waals surface area contributed by atoms with Gasteiger partial charge in [0.05, 0.1) is 0 Å². The summed E-state index contributed by atoms with van der Waals surface area (Å²) in [5.41, 5.74) is 7.15. The average Bonchev–Trinajstić information content (AvgIpc) is 2.70. The third-order valence-electron chi connectivity index (χ3n) is 2.27. The summed E-state index contributed by atoms with van der Waals surface area (Å²) in [5, 5.41) is 4.39. The second-order valence-electron chi connectivity index (χ2n) is 3.54. The summed E-state index contributed by atoms with van der Waals surface area (Å²) in [6.45, 7) is 1.97. The molecule has 0 fully saturated rings. The molecule has 0 saturated heterocycles. The van der Waals surface area contributed by atoms with Crippen molar-refractivity contribution in [3.8, 4) is 0 Å². The Labute approximate surface area is 103 Å². The minimum Gasteiger partial charge on any atom is -0.366 e. The van der Waals surface area contributed by atoms with Crippen LogP contribution < -0.4 is 5.73 Å². The van der Waals surface area contributed by atoms with Crippen LogP contribution in [0.15, 0.2) is 29.4 Å². The van der Waals surface area contributed by atoms with Gasteiger partial charge in [0.25, 0.3) is 5.91 Å². The van der Waals surface area contributed by atoms with E-state index in [0.717, 1.165) is 5.56 Å². The van der Waals surface area contributed by atoms with Gasteiger partial charge < -0.3 is 5.73 Å². The van der Waals surface area contributed by atoms with E-state index >= 15 is 0 Å². The van der Waals surface area contributed by atoms with Crippen LogP contribution in [-0.4, -0.2) is 26.9 Å². The summed E-state index contributed by atoms with van der Waals surface area (Å²) in [7, 11) is 0. The van der Waals surface area contributed by atoms with Crippen LogP contribution in [0.3, 0.4) is 0 Å². The van der Waals surface area contributed by atoms with Gasteiger partial charge in [0.1, 0.15) is 0 Å². The second-order valence-corrected chi connectivity index (χ2v) is 4.31. The van der Waals surface area contributed by atoms with Gasteiger partial charge in [0.2, 0.25) is 5.95 Å². The van der Waals surface area contributed by atoms with Crippen LogP contribution in [0.2, 0.25) is 0 Å². The Hall–Kier alpha value is -1.82. The number of benzene rings is 1. The maximum atomic E-state index is 12.1. The molecule has 2 N–H and O–H groups in total. The summed E-state index contributed by atoms with van der Waals surface area (Å²) < 4.78 is 1.23. The van der Waals surface area contributed by atoms with E-state index < -0.39 is 0 Å². The summed E-state index contributed by atoms with van der Waals surface area (Å²) >= 11 is 1.33. The van der Waals surface area contributed by atoms with Crippen LogP contribution in [0.1, 0.15) is 15.9 Å². The number of nitrogens with two attached hydrogens (primary N) is 1. The lowest BCUT2D eigenvalue weighted by Crippen LogP contribution is -2.15. The fourth-order valence-corrected chi connectivity index (χ4v) is 1.88. The first-order valence-electron chi connectivity index (χ1n) is 4.99. The van der Waals surface area contributed by atoms with Crippen molar-refractivity contribution < 1.29 is 4.79 Å². The lowest BCUT2D eigenvalue weighted by atomic mass is 10.1. The number of hydrogen-bond donors (Lipinski definition) is 1. The van der Waals surface area contributed by atoms with Crippen molar-refractivity contribution in [3.63, 3.8) is 0 Å². The fraction of sp³-hybridized carbons (Fsp3) is 0.182. The lowest BCUT2D eigenvalue weighted by Gasteiger charge is -2.02. The predicted octanol–water partition coefficient (Wildman–Crippen LogP) is 1.58. The molecule has 17 heavy (non-hydrogen) atoms. The van der Waals surface area contributed by atoms with Gasteiger partial charge in [-0.15, -0.1) is 5.10 Å². The number of aromatic nitrogens is 3. The van der Waals surface area contributed by atoms with Gasteiger partial charge >= 0.3 is 0 Å². The standard InChI is InChI=1S/C11H12N4OS/c1-7-3-5-8(6-4-7)9(16)15-11(17-2)13-10(12)14-15/h3-6H,1-2H3,(H2,12,14). The van der Waals surface area contributed by atoms with Gasteiger partial charge in [-0.2, -0.15) is 9.67 Å². The molecule has 1 aromatic carbocycles. The highest BCUT2D eigenvalue weighted by Gasteiger charge is 2.15. The van der Waals surface area contributed by atoms with Gasteiger partial charge in [0.15, 0.2) is 5.16 Å². The second kappa shape index (κ2) is 4.58. The molecule has 1 aromatic heterocycles. The van der Waals surface area contributed by atoms with Crippen LogP contribution in [0.4, 0.5) is 5.95 Å². The Balaban J connectivity index is 2.39. The van der Waals surface area contributed by atoms with E-state index in [9.17, 15) is 4.79 Å². The molecule has 0 spiro atoms. The summed E-state index contributed by atoms with van der Waals surface area (Å²) in [6, 6.07) is 7.29. The van der Waals surface area contributed by atoms with Crippen molar-refractivity contribution in [1.82, 2.24) is 14.8 Å². The molecule has 2 rings (SSSR count). The molecule has 0 aliphatic heterocycles. The largest absolute Gasteiger partial charge is 0.366 e. The maximum Gasteiger partial charge on any atom is 0.280 e. The van der Waals surface area contributed by atoms with Crippen molar-refractivity contribution >= 4 is 23.6 Å². The van der Waals surface area contributed by atoms with E-state index in [0.29, 0.717) is 10.7 Å². The van der Waals surface area contributed by atoms with Crippen LogP contribution in [0.5, 0.6) is 0 Å². The third-order valence-corrected chi connectivity index (χ3v) is 2.90. The number of thioether (sulfide) groups is 1.